The molecular formula is C74H59F9N16O9. The van der Waals surface area contributed by atoms with E-state index in [4.69, 9.17) is 40.6 Å². The molecule has 4 aliphatic heterocycles. The predicted molar refractivity (Wildman–Crippen MR) is 368 cm³/mol. The number of amides is 4. The summed E-state index contributed by atoms with van der Waals surface area (Å²) in [5, 5.41) is 0. The summed E-state index contributed by atoms with van der Waals surface area (Å²) in [7, 11) is 6.34. The summed E-state index contributed by atoms with van der Waals surface area (Å²) in [4.78, 5) is 90.5. The monoisotopic (exact) mass is 1490 g/mol. The van der Waals surface area contributed by atoms with Crippen molar-refractivity contribution >= 4 is 47.4 Å². The number of likely N-dealkylation sites (N-methyl/N-ethyl adjacent to an activating group) is 4. The lowest BCUT2D eigenvalue weighted by atomic mass is 10.0. The van der Waals surface area contributed by atoms with E-state index in [1.54, 1.807) is 89.7 Å². The van der Waals surface area contributed by atoms with Crippen molar-refractivity contribution in [2.24, 2.45) is 0 Å². The minimum atomic E-state index is -4.83. The Kier molecular flexibility index (Phi) is 19.7. The van der Waals surface area contributed by atoms with E-state index in [1.807, 2.05) is 0 Å². The highest BCUT2D eigenvalue weighted by molar-refractivity contribution is 6.06. The van der Waals surface area contributed by atoms with Gasteiger partial charge in [-0.2, -0.15) is 0 Å². The molecule has 12 heterocycles. The molecule has 108 heavy (non-hydrogen) atoms. The van der Waals surface area contributed by atoms with Crippen LogP contribution < -0.4 is 27.7 Å². The van der Waals surface area contributed by atoms with Gasteiger partial charge in [-0.25, -0.2) is 66.2 Å². The zero-order valence-corrected chi connectivity index (χ0v) is 57.2. The third-order valence-electron chi connectivity index (χ3n) is 18.2. The summed E-state index contributed by atoms with van der Waals surface area (Å²) in [6, 6.07) is 27.0. The fraction of sp³-hybridized carbons (Fsp3) is 0.189. The van der Waals surface area contributed by atoms with E-state index in [2.05, 4.69) is 44.6 Å². The van der Waals surface area contributed by atoms with Crippen LogP contribution in [0.1, 0.15) is 116 Å². The van der Waals surface area contributed by atoms with Gasteiger partial charge >= 0.3 is 6.36 Å². The van der Waals surface area contributed by atoms with Gasteiger partial charge < -0.3 is 64.9 Å². The molecule has 4 amide bonds. The van der Waals surface area contributed by atoms with Gasteiger partial charge in [0.05, 0.1) is 88.0 Å². The van der Waals surface area contributed by atoms with Gasteiger partial charge in [0.15, 0.2) is 23.0 Å². The number of nitrogen functional groups attached to an aromatic ring is 4. The number of benzene rings is 4. The Hall–Kier alpha value is -13.4. The second-order valence-electron chi connectivity index (χ2n) is 25.0. The Morgan fingerprint density at radius 3 is 0.972 bits per heavy atom. The van der Waals surface area contributed by atoms with Crippen LogP contribution in [0.15, 0.2) is 164 Å². The van der Waals surface area contributed by atoms with Gasteiger partial charge in [-0.1, -0.05) is 36.4 Å². The van der Waals surface area contributed by atoms with Crippen LogP contribution in [0.4, 0.5) is 63.3 Å². The van der Waals surface area contributed by atoms with Crippen LogP contribution in [0.3, 0.4) is 0 Å². The summed E-state index contributed by atoms with van der Waals surface area (Å²) in [5.74, 6) is -3.50. The lowest BCUT2D eigenvalue weighted by Gasteiger charge is -2.21. The van der Waals surface area contributed by atoms with Crippen LogP contribution in [-0.4, -0.2) is 118 Å². The molecule has 4 unspecified atom stereocenters. The molecule has 0 radical (unpaired) electrons. The molecule has 4 aliphatic rings. The van der Waals surface area contributed by atoms with E-state index >= 15 is 0 Å². The number of aryl methyl sites for hydroxylation is 1. The Balaban J connectivity index is 0.000000127. The number of ether oxygens (including phenoxy) is 1. The van der Waals surface area contributed by atoms with Crippen molar-refractivity contribution in [1.82, 2.24) is 59.5 Å². The number of nitrogens with zero attached hydrogens (tertiary/aromatic N) is 12. The Labute approximate surface area is 605 Å². The van der Waals surface area contributed by atoms with Crippen molar-refractivity contribution in [2.75, 3.05) is 51.1 Å². The lowest BCUT2D eigenvalue weighted by molar-refractivity contribution is -0.275. The van der Waals surface area contributed by atoms with Crippen LogP contribution in [-0.2, 0) is 25.7 Å². The highest BCUT2D eigenvalue weighted by Crippen LogP contribution is 2.45. The third-order valence-corrected chi connectivity index (χ3v) is 18.2. The van der Waals surface area contributed by atoms with Crippen LogP contribution in [0, 0.1) is 41.8 Å². The van der Waals surface area contributed by atoms with E-state index in [-0.39, 0.29) is 129 Å². The summed E-state index contributed by atoms with van der Waals surface area (Å²) >= 11 is 0. The maximum Gasteiger partial charge on any atom is 0.573 e. The van der Waals surface area contributed by atoms with Gasteiger partial charge in [0.1, 0.15) is 69.2 Å². The topological polar surface area (TPSA) is 350 Å². The zero-order valence-electron chi connectivity index (χ0n) is 57.2. The van der Waals surface area contributed by atoms with Crippen molar-refractivity contribution in [3.05, 3.63) is 254 Å². The standard InChI is InChI=1S/C19H15F3N4O3.C19H16F2N4O2.2C18H14F2N4O2/c1-26-11(9-10-5-2-3-6-12(10)29-19(20,21)22)15-14(17(26)27)16(25-18(23)24-15)13-7-4-8-28-13;1-9-3-6-14(27-9)17-15-16(23-19(22)24-17)13(25(2)18(15)26)7-10-4-5-11(20)8-12(10)21;2*1-24-12(7-9-4-5-10(19)8-11(9)20)15-14(17(24)25)16(23-18(21)22-15)13-3-2-6-26-13/h2-8,11H,9H2,1H3,(H2,23,24,25);3-6,8,13H,7H2,1-2H3,(H2,22,23,24);2*2-6,8,12H,7H2,1H3,(H2,21,22,23). The minimum absolute atomic E-state index is 0.00881. The number of halogens is 9. The van der Waals surface area contributed by atoms with Gasteiger partial charge in [0, 0.05) is 72.1 Å². The molecule has 25 nitrogen and oxygen atoms in total. The predicted octanol–water partition coefficient (Wildman–Crippen LogP) is 12.8. The summed E-state index contributed by atoms with van der Waals surface area (Å²) < 4.78 is 146. The fourth-order valence-electron chi connectivity index (χ4n) is 13.0. The Morgan fingerprint density at radius 2 is 0.694 bits per heavy atom. The van der Waals surface area contributed by atoms with Crippen LogP contribution in [0.2, 0.25) is 0 Å². The number of furan rings is 4. The summed E-state index contributed by atoms with van der Waals surface area (Å²) in [6.07, 6.45) is -0.00626. The van der Waals surface area contributed by atoms with Gasteiger partial charge in [-0.3, -0.25) is 19.2 Å². The SMILES string of the molecule is CN1C(=O)c2c(-c3ccco3)nc(N)nc2C1Cc1ccc(F)cc1F.CN1C(=O)c2c(-c3ccco3)nc(N)nc2C1Cc1ccc(F)cc1F.CN1C(=O)c2c(-c3ccco3)nc(N)nc2C1Cc1ccccc1OC(F)(F)F.Cc1ccc(-c2nc(N)nc3c2C(=O)N(C)C3Cc2ccc(F)cc2F)o1. The number of para-hydroxylation sites is 1. The smallest absolute Gasteiger partial charge is 0.463 e. The maximum absolute atomic E-state index is 14.1. The maximum atomic E-state index is 14.1. The molecule has 34 heteroatoms. The number of anilines is 4. The molecular weight excluding hydrogens is 1430 g/mol. The molecule has 0 bridgehead atoms. The van der Waals surface area contributed by atoms with E-state index < -0.39 is 65.4 Å². The number of alkyl halides is 3. The average Bonchev–Trinajstić information content (AvgIpc) is 1.62. The van der Waals surface area contributed by atoms with Crippen LogP contribution in [0.25, 0.3) is 45.8 Å². The molecule has 16 rings (SSSR count). The first kappa shape index (κ1) is 72.9. The van der Waals surface area contributed by atoms with Gasteiger partial charge in [-0.15, -0.1) is 13.2 Å². The van der Waals surface area contributed by atoms with Gasteiger partial charge in [-0.05, 0) is 102 Å². The Bertz CT molecular complexity index is 5310. The second kappa shape index (κ2) is 29.2. The van der Waals surface area contributed by atoms with Gasteiger partial charge in [0.2, 0.25) is 23.8 Å². The first-order chi connectivity index (χ1) is 51.5. The molecule has 4 atom stereocenters. The van der Waals surface area contributed by atoms with Crippen molar-refractivity contribution in [2.45, 2.75) is 63.1 Å². The van der Waals surface area contributed by atoms with Crippen molar-refractivity contribution in [3.63, 3.8) is 0 Å². The molecule has 0 saturated carbocycles. The largest absolute Gasteiger partial charge is 0.573 e. The first-order valence-corrected chi connectivity index (χ1v) is 32.6. The fourth-order valence-corrected chi connectivity index (χ4v) is 13.0. The van der Waals surface area contributed by atoms with Crippen molar-refractivity contribution in [1.29, 1.82) is 0 Å². The number of hydrogen-bond acceptors (Lipinski definition) is 21. The number of fused-ring (bicyclic) bond motifs is 4. The highest BCUT2D eigenvalue weighted by atomic mass is 19.4. The van der Waals surface area contributed by atoms with Crippen LogP contribution >= 0.6 is 0 Å². The third kappa shape index (κ3) is 14.5. The molecule has 8 aromatic heterocycles. The number of nitrogens with two attached hydrogens (primary N) is 4. The number of aromatic nitrogens is 8. The number of carbonyl (C=O) groups is 4. The molecule has 0 spiro atoms. The first-order valence-electron chi connectivity index (χ1n) is 32.6. The second-order valence-corrected chi connectivity index (χ2v) is 25.0. The molecule has 4 aromatic carbocycles. The quantitative estimate of drug-likeness (QED) is 0.0779. The summed E-state index contributed by atoms with van der Waals surface area (Å²) in [5.41, 5.74) is 28.2. The number of rotatable bonds is 13. The Morgan fingerprint density at radius 1 is 0.389 bits per heavy atom. The molecule has 12 aromatic rings. The van der Waals surface area contributed by atoms with E-state index in [0.717, 1.165) is 18.2 Å². The number of hydrogen-bond donors (Lipinski definition) is 4. The molecule has 0 aliphatic carbocycles. The molecule has 0 fully saturated rings. The average molecular weight is 1490 g/mol. The van der Waals surface area contributed by atoms with Crippen molar-refractivity contribution in [3.8, 4) is 51.6 Å². The highest BCUT2D eigenvalue weighted by Gasteiger charge is 2.45. The molecule has 0 saturated heterocycles. The zero-order chi connectivity index (χ0) is 76.9. The van der Waals surface area contributed by atoms with E-state index in [0.29, 0.717) is 68.7 Å². The lowest BCUT2D eigenvalue weighted by Crippen LogP contribution is -2.25. The minimum Gasteiger partial charge on any atom is -0.463 e. The normalized spacial score (nSPS) is 16.2. The number of carbonyl (C=O) groups excluding carboxylic acids is 4. The molecule has 552 valence electrons. The van der Waals surface area contributed by atoms with Gasteiger partial charge in [0.25, 0.3) is 23.6 Å². The molecule has 8 N–H and O–H groups in total. The summed E-state index contributed by atoms with van der Waals surface area (Å²) in [6.45, 7) is 1.78. The van der Waals surface area contributed by atoms with Crippen LogP contribution in [0.5, 0.6) is 5.75 Å². The van der Waals surface area contributed by atoms with E-state index in [1.165, 1.54) is 93.0 Å². The van der Waals surface area contributed by atoms with E-state index in [9.17, 15) is 58.7 Å². The van der Waals surface area contributed by atoms with Crippen molar-refractivity contribution < 1.29 is 81.1 Å².